The molecule has 3 nitrogen and oxygen atoms in total. The molecule has 0 atom stereocenters. The molecule has 0 aromatic heterocycles. The van der Waals surface area contributed by atoms with Crippen LogP contribution in [0.5, 0.6) is 5.75 Å². The van der Waals surface area contributed by atoms with Gasteiger partial charge in [0.15, 0.2) is 0 Å². The lowest BCUT2D eigenvalue weighted by atomic mass is 10.2. The zero-order chi connectivity index (χ0) is 13.0. The predicted octanol–water partition coefficient (Wildman–Crippen LogP) is 2.38. The molecule has 0 radical (unpaired) electrons. The molecule has 0 unspecified atom stereocenters. The summed E-state index contributed by atoms with van der Waals surface area (Å²) in [5.74, 6) is -0.143. The second-order valence-electron chi connectivity index (χ2n) is 4.45. The maximum Gasteiger partial charge on any atom is 0.144 e. The van der Waals surface area contributed by atoms with Gasteiger partial charge in [-0.3, -0.25) is 0 Å². The maximum absolute atomic E-state index is 13.3. The minimum Gasteiger partial charge on any atom is -0.489 e. The molecule has 4 heteroatoms. The fraction of sp³-hybridized carbons (Fsp3) is 0.357. The van der Waals surface area contributed by atoms with Gasteiger partial charge in [0.2, 0.25) is 0 Å². The van der Waals surface area contributed by atoms with Crippen molar-refractivity contribution in [2.45, 2.75) is 18.9 Å². The molecule has 0 spiro atoms. The average Bonchev–Trinajstić information content (AvgIpc) is 3.18. The Morgan fingerprint density at radius 1 is 1.56 bits per heavy atom. The average molecular weight is 246 g/mol. The molecule has 1 N–H and O–H groups in total. The van der Waals surface area contributed by atoms with E-state index in [2.05, 4.69) is 11.9 Å². The molecule has 0 heterocycles. The van der Waals surface area contributed by atoms with Gasteiger partial charge in [-0.1, -0.05) is 6.58 Å². The van der Waals surface area contributed by atoms with Crippen LogP contribution in [0, 0.1) is 17.1 Å². The van der Waals surface area contributed by atoms with Crippen LogP contribution < -0.4 is 10.1 Å². The quantitative estimate of drug-likeness (QED) is 0.784. The molecule has 1 fully saturated rings. The summed E-state index contributed by atoms with van der Waals surface area (Å²) < 4.78 is 18.7. The largest absolute Gasteiger partial charge is 0.489 e. The van der Waals surface area contributed by atoms with E-state index in [1.54, 1.807) is 12.1 Å². The highest BCUT2D eigenvalue weighted by molar-refractivity contribution is 5.36. The third kappa shape index (κ3) is 3.57. The summed E-state index contributed by atoms with van der Waals surface area (Å²) in [5.41, 5.74) is 0.947. The first-order valence-corrected chi connectivity index (χ1v) is 5.91. The number of hydrogen-bond donors (Lipinski definition) is 1. The third-order valence-electron chi connectivity index (χ3n) is 2.72. The zero-order valence-corrected chi connectivity index (χ0v) is 10.1. The van der Waals surface area contributed by atoms with Crippen molar-refractivity contribution in [2.75, 3.05) is 13.2 Å². The molecular formula is C14H15FN2O. The van der Waals surface area contributed by atoms with Crippen molar-refractivity contribution in [1.29, 1.82) is 5.26 Å². The monoisotopic (exact) mass is 246 g/mol. The summed E-state index contributed by atoms with van der Waals surface area (Å²) in [5, 5.41) is 11.9. The highest BCUT2D eigenvalue weighted by Gasteiger charge is 2.20. The number of nitriles is 1. The summed E-state index contributed by atoms with van der Waals surface area (Å²) in [6.07, 6.45) is 2.46. The van der Waals surface area contributed by atoms with Gasteiger partial charge in [0.05, 0.1) is 5.56 Å². The Hall–Kier alpha value is -1.86. The summed E-state index contributed by atoms with van der Waals surface area (Å²) in [7, 11) is 0. The third-order valence-corrected chi connectivity index (χ3v) is 2.72. The van der Waals surface area contributed by atoms with E-state index in [1.165, 1.54) is 25.0 Å². The van der Waals surface area contributed by atoms with E-state index in [9.17, 15) is 4.39 Å². The van der Waals surface area contributed by atoms with Gasteiger partial charge < -0.3 is 10.1 Å². The van der Waals surface area contributed by atoms with Crippen LogP contribution in [0.15, 0.2) is 30.4 Å². The first-order chi connectivity index (χ1) is 8.69. The number of halogens is 1. The van der Waals surface area contributed by atoms with E-state index in [1.807, 2.05) is 0 Å². The van der Waals surface area contributed by atoms with Crippen LogP contribution in [0.4, 0.5) is 4.39 Å². The number of nitrogens with zero attached hydrogens (tertiary/aromatic N) is 1. The van der Waals surface area contributed by atoms with Gasteiger partial charge in [0.25, 0.3) is 0 Å². The van der Waals surface area contributed by atoms with Crippen LogP contribution in [0.25, 0.3) is 0 Å². The van der Waals surface area contributed by atoms with Crippen LogP contribution in [-0.2, 0) is 0 Å². The Bertz CT molecular complexity index is 489. The van der Waals surface area contributed by atoms with Crippen molar-refractivity contribution in [3.8, 4) is 11.8 Å². The molecule has 2 rings (SSSR count). The number of hydrogen-bond acceptors (Lipinski definition) is 3. The normalized spacial score (nSPS) is 14.0. The molecule has 18 heavy (non-hydrogen) atoms. The molecule has 94 valence electrons. The molecule has 0 amide bonds. The Labute approximate surface area is 106 Å². The topological polar surface area (TPSA) is 45.0 Å². The van der Waals surface area contributed by atoms with Gasteiger partial charge in [-0.15, -0.1) is 0 Å². The van der Waals surface area contributed by atoms with Crippen molar-refractivity contribution < 1.29 is 9.13 Å². The van der Waals surface area contributed by atoms with E-state index in [0.717, 1.165) is 12.1 Å². The van der Waals surface area contributed by atoms with Crippen molar-refractivity contribution in [3.05, 3.63) is 41.7 Å². The Morgan fingerprint density at radius 3 is 2.94 bits per heavy atom. The molecular weight excluding hydrogens is 231 g/mol. The van der Waals surface area contributed by atoms with Crippen LogP contribution in [0.3, 0.4) is 0 Å². The molecule has 1 aliphatic carbocycles. The maximum atomic E-state index is 13.3. The van der Waals surface area contributed by atoms with Gasteiger partial charge in [0.1, 0.15) is 24.2 Å². The first-order valence-electron chi connectivity index (χ1n) is 5.91. The van der Waals surface area contributed by atoms with Crippen molar-refractivity contribution >= 4 is 0 Å². The Balaban J connectivity index is 1.80. The molecule has 1 aromatic rings. The number of nitrogens with one attached hydrogen (secondary N) is 1. The zero-order valence-electron chi connectivity index (χ0n) is 10.1. The Morgan fingerprint density at radius 2 is 2.33 bits per heavy atom. The second kappa shape index (κ2) is 5.65. The smallest absolute Gasteiger partial charge is 0.144 e. The fourth-order valence-electron chi connectivity index (χ4n) is 1.49. The lowest BCUT2D eigenvalue weighted by Gasteiger charge is -2.09. The van der Waals surface area contributed by atoms with Gasteiger partial charge in [0, 0.05) is 18.7 Å². The molecule has 0 bridgehead atoms. The van der Waals surface area contributed by atoms with E-state index < -0.39 is 5.82 Å². The molecule has 0 saturated heterocycles. The first kappa shape index (κ1) is 12.6. The SMILES string of the molecule is C=C(CNC1CC1)COc1ccc(C#N)c(F)c1. The van der Waals surface area contributed by atoms with E-state index in [0.29, 0.717) is 18.4 Å². The van der Waals surface area contributed by atoms with Crippen molar-refractivity contribution in [1.82, 2.24) is 5.32 Å². The summed E-state index contributed by atoms with van der Waals surface area (Å²) in [6, 6.07) is 6.62. The lowest BCUT2D eigenvalue weighted by molar-refractivity contribution is 0.346. The molecule has 1 saturated carbocycles. The van der Waals surface area contributed by atoms with Gasteiger partial charge in [-0.25, -0.2) is 4.39 Å². The standard InChI is InChI=1S/C14H15FN2O/c1-10(8-17-12-3-4-12)9-18-13-5-2-11(7-16)14(15)6-13/h2,5-6,12,17H,1,3-4,8-9H2. The molecule has 0 aliphatic heterocycles. The number of ether oxygens (including phenoxy) is 1. The summed E-state index contributed by atoms with van der Waals surface area (Å²) >= 11 is 0. The van der Waals surface area contributed by atoms with Crippen LogP contribution in [0.1, 0.15) is 18.4 Å². The van der Waals surface area contributed by atoms with Crippen LogP contribution in [-0.4, -0.2) is 19.2 Å². The van der Waals surface area contributed by atoms with Gasteiger partial charge in [-0.05, 0) is 30.5 Å². The fourth-order valence-corrected chi connectivity index (χ4v) is 1.49. The minimum atomic E-state index is -0.559. The Kier molecular flexibility index (Phi) is 3.96. The molecule has 1 aliphatic rings. The van der Waals surface area contributed by atoms with E-state index >= 15 is 0 Å². The minimum absolute atomic E-state index is 0.0246. The lowest BCUT2D eigenvalue weighted by Crippen LogP contribution is -2.21. The van der Waals surface area contributed by atoms with Crippen molar-refractivity contribution in [2.24, 2.45) is 0 Å². The van der Waals surface area contributed by atoms with E-state index in [4.69, 9.17) is 10.00 Å². The highest BCUT2D eigenvalue weighted by Crippen LogP contribution is 2.19. The molecule has 1 aromatic carbocycles. The van der Waals surface area contributed by atoms with Crippen LogP contribution in [0.2, 0.25) is 0 Å². The second-order valence-corrected chi connectivity index (χ2v) is 4.45. The number of rotatable bonds is 6. The van der Waals surface area contributed by atoms with Gasteiger partial charge >= 0.3 is 0 Å². The number of benzene rings is 1. The highest BCUT2D eigenvalue weighted by atomic mass is 19.1. The predicted molar refractivity (Wildman–Crippen MR) is 66.8 cm³/mol. The summed E-state index contributed by atoms with van der Waals surface area (Å²) in [6.45, 7) is 4.97. The van der Waals surface area contributed by atoms with E-state index in [-0.39, 0.29) is 5.56 Å². The van der Waals surface area contributed by atoms with Crippen molar-refractivity contribution in [3.63, 3.8) is 0 Å². The van der Waals surface area contributed by atoms with Gasteiger partial charge in [-0.2, -0.15) is 5.26 Å². The van der Waals surface area contributed by atoms with Crippen LogP contribution >= 0.6 is 0 Å². The summed E-state index contributed by atoms with van der Waals surface area (Å²) in [4.78, 5) is 0.